The van der Waals surface area contributed by atoms with Crippen molar-refractivity contribution in [3.8, 4) is 11.3 Å². The molecule has 1 heterocycles. The first-order valence-corrected chi connectivity index (χ1v) is 10.8. The molecule has 138 valence electrons. The van der Waals surface area contributed by atoms with Gasteiger partial charge in [0.15, 0.2) is 0 Å². The van der Waals surface area contributed by atoms with Crippen molar-refractivity contribution in [2.24, 2.45) is 0 Å². The zero-order valence-corrected chi connectivity index (χ0v) is 17.4. The molecule has 0 saturated heterocycles. The van der Waals surface area contributed by atoms with Crippen molar-refractivity contribution >= 4 is 39.4 Å². The van der Waals surface area contributed by atoms with E-state index in [1.807, 2.05) is 48.5 Å². The molecule has 1 saturated carbocycles. The summed E-state index contributed by atoms with van der Waals surface area (Å²) in [5, 5.41) is 4.22. The van der Waals surface area contributed by atoms with Gasteiger partial charge in [0.2, 0.25) is 0 Å². The number of hydrogen-bond donors (Lipinski definition) is 1. The highest BCUT2D eigenvalue weighted by Gasteiger charge is 2.19. The standard InChI is InChI=1S/C23H23IN2O/c24-17-12-13-21-19(14-17)20(15-22(26-21)16-8-4-3-5-9-16)23(27)25-18-10-6-1-2-7-11-18/h3-5,8-9,12-15,18H,1-2,6-7,10-11H2,(H,25,27). The number of fused-ring (bicyclic) bond motifs is 1. The van der Waals surface area contributed by atoms with Crippen LogP contribution in [0.3, 0.4) is 0 Å². The molecule has 1 amide bonds. The van der Waals surface area contributed by atoms with Gasteiger partial charge in [-0.05, 0) is 59.7 Å². The van der Waals surface area contributed by atoms with Gasteiger partial charge in [-0.25, -0.2) is 4.98 Å². The third-order valence-electron chi connectivity index (χ3n) is 5.28. The van der Waals surface area contributed by atoms with E-state index in [1.165, 1.54) is 25.7 Å². The summed E-state index contributed by atoms with van der Waals surface area (Å²) in [6, 6.07) is 18.4. The molecule has 1 fully saturated rings. The highest BCUT2D eigenvalue weighted by Crippen LogP contribution is 2.27. The Hall–Kier alpha value is -1.95. The molecule has 0 atom stereocenters. The Morgan fingerprint density at radius 1 is 0.963 bits per heavy atom. The number of nitrogens with one attached hydrogen (secondary N) is 1. The SMILES string of the molecule is O=C(NC1CCCCCC1)c1cc(-c2ccccc2)nc2ccc(I)cc12. The van der Waals surface area contributed by atoms with Crippen molar-refractivity contribution in [3.05, 3.63) is 63.7 Å². The molecule has 4 heteroatoms. The number of carbonyl (C=O) groups is 1. The Kier molecular flexibility index (Phi) is 5.72. The van der Waals surface area contributed by atoms with Crippen LogP contribution in [0.15, 0.2) is 54.6 Å². The monoisotopic (exact) mass is 470 g/mol. The van der Waals surface area contributed by atoms with Gasteiger partial charge >= 0.3 is 0 Å². The minimum absolute atomic E-state index is 0.0217. The number of halogens is 1. The van der Waals surface area contributed by atoms with Crippen molar-refractivity contribution in [1.82, 2.24) is 10.3 Å². The molecule has 0 bridgehead atoms. The zero-order valence-electron chi connectivity index (χ0n) is 15.2. The molecule has 2 aromatic carbocycles. The largest absolute Gasteiger partial charge is 0.349 e. The van der Waals surface area contributed by atoms with Gasteiger partial charge in [0.05, 0.1) is 16.8 Å². The molecule has 4 rings (SSSR count). The van der Waals surface area contributed by atoms with Gasteiger partial charge in [0.1, 0.15) is 0 Å². The summed E-state index contributed by atoms with van der Waals surface area (Å²) in [5.74, 6) is 0.0217. The number of pyridine rings is 1. The molecule has 0 spiro atoms. The second-order valence-corrected chi connectivity index (χ2v) is 8.49. The molecular formula is C23H23IN2O. The van der Waals surface area contributed by atoms with Gasteiger partial charge in [-0.3, -0.25) is 4.79 Å². The van der Waals surface area contributed by atoms with Crippen LogP contribution in [-0.2, 0) is 0 Å². The summed E-state index contributed by atoms with van der Waals surface area (Å²) in [5.41, 5.74) is 3.46. The van der Waals surface area contributed by atoms with E-state index in [9.17, 15) is 4.79 Å². The van der Waals surface area contributed by atoms with Crippen LogP contribution in [0.4, 0.5) is 0 Å². The second kappa shape index (κ2) is 8.38. The molecular weight excluding hydrogens is 447 g/mol. The molecule has 0 aliphatic heterocycles. The van der Waals surface area contributed by atoms with Crippen molar-refractivity contribution < 1.29 is 4.79 Å². The fourth-order valence-electron chi connectivity index (χ4n) is 3.83. The first kappa shape index (κ1) is 18.4. The van der Waals surface area contributed by atoms with Crippen molar-refractivity contribution in [2.45, 2.75) is 44.6 Å². The maximum absolute atomic E-state index is 13.2. The molecule has 1 aliphatic carbocycles. The summed E-state index contributed by atoms with van der Waals surface area (Å²) >= 11 is 2.29. The van der Waals surface area contributed by atoms with Crippen LogP contribution in [0.1, 0.15) is 48.9 Å². The number of aromatic nitrogens is 1. The lowest BCUT2D eigenvalue weighted by Crippen LogP contribution is -2.34. The quantitative estimate of drug-likeness (QED) is 0.379. The van der Waals surface area contributed by atoms with E-state index < -0.39 is 0 Å². The van der Waals surface area contributed by atoms with E-state index in [0.717, 1.165) is 44.1 Å². The molecule has 1 aromatic heterocycles. The summed E-state index contributed by atoms with van der Waals surface area (Å²) < 4.78 is 1.11. The minimum atomic E-state index is 0.0217. The Balaban J connectivity index is 1.74. The van der Waals surface area contributed by atoms with Gasteiger partial charge in [0.25, 0.3) is 5.91 Å². The molecule has 3 aromatic rings. The number of hydrogen-bond acceptors (Lipinski definition) is 2. The lowest BCUT2D eigenvalue weighted by atomic mass is 10.0. The topological polar surface area (TPSA) is 42.0 Å². The van der Waals surface area contributed by atoms with Crippen LogP contribution in [0.25, 0.3) is 22.2 Å². The summed E-state index contributed by atoms with van der Waals surface area (Å²) in [7, 11) is 0. The fourth-order valence-corrected chi connectivity index (χ4v) is 4.32. The average molecular weight is 470 g/mol. The van der Waals surface area contributed by atoms with E-state index in [0.29, 0.717) is 0 Å². The van der Waals surface area contributed by atoms with Crippen molar-refractivity contribution in [2.75, 3.05) is 0 Å². The summed E-state index contributed by atoms with van der Waals surface area (Å²) in [6.45, 7) is 0. The average Bonchev–Trinajstić information content (AvgIpc) is 2.96. The van der Waals surface area contributed by atoms with Gasteiger partial charge in [0, 0.05) is 20.6 Å². The lowest BCUT2D eigenvalue weighted by Gasteiger charge is -2.17. The highest BCUT2D eigenvalue weighted by molar-refractivity contribution is 14.1. The molecule has 1 aliphatic rings. The molecule has 3 nitrogen and oxygen atoms in total. The normalized spacial score (nSPS) is 15.4. The van der Waals surface area contributed by atoms with E-state index in [2.05, 4.69) is 34.0 Å². The van der Waals surface area contributed by atoms with Gasteiger partial charge < -0.3 is 5.32 Å². The van der Waals surface area contributed by atoms with Crippen molar-refractivity contribution in [3.63, 3.8) is 0 Å². The minimum Gasteiger partial charge on any atom is -0.349 e. The summed E-state index contributed by atoms with van der Waals surface area (Å²) in [4.78, 5) is 18.0. The van der Waals surface area contributed by atoms with E-state index >= 15 is 0 Å². The van der Waals surface area contributed by atoms with Gasteiger partial charge in [-0.1, -0.05) is 56.0 Å². The second-order valence-electron chi connectivity index (χ2n) is 7.24. The van der Waals surface area contributed by atoms with E-state index in [1.54, 1.807) is 0 Å². The summed E-state index contributed by atoms with van der Waals surface area (Å²) in [6.07, 6.45) is 7.13. The Labute approximate surface area is 173 Å². The van der Waals surface area contributed by atoms with Crippen LogP contribution >= 0.6 is 22.6 Å². The third-order valence-corrected chi connectivity index (χ3v) is 5.95. The first-order chi connectivity index (χ1) is 13.2. The predicted octanol–water partition coefficient (Wildman–Crippen LogP) is 5.96. The van der Waals surface area contributed by atoms with Crippen molar-refractivity contribution in [1.29, 1.82) is 0 Å². The maximum atomic E-state index is 13.2. The smallest absolute Gasteiger partial charge is 0.252 e. The number of rotatable bonds is 3. The van der Waals surface area contributed by atoms with Crippen LogP contribution in [0.5, 0.6) is 0 Å². The van der Waals surface area contributed by atoms with Gasteiger partial charge in [-0.15, -0.1) is 0 Å². The van der Waals surface area contributed by atoms with E-state index in [4.69, 9.17) is 4.98 Å². The Morgan fingerprint density at radius 2 is 1.70 bits per heavy atom. The lowest BCUT2D eigenvalue weighted by molar-refractivity contribution is 0.0935. The number of carbonyl (C=O) groups excluding carboxylic acids is 1. The zero-order chi connectivity index (χ0) is 18.6. The third kappa shape index (κ3) is 4.32. The number of nitrogens with zero attached hydrogens (tertiary/aromatic N) is 1. The first-order valence-electron chi connectivity index (χ1n) is 9.67. The Bertz CT molecular complexity index is 947. The van der Waals surface area contributed by atoms with Gasteiger partial charge in [-0.2, -0.15) is 0 Å². The van der Waals surface area contributed by atoms with Crippen LogP contribution in [0.2, 0.25) is 0 Å². The number of amides is 1. The molecule has 1 N–H and O–H groups in total. The molecule has 0 radical (unpaired) electrons. The number of benzene rings is 2. The molecule has 0 unspecified atom stereocenters. The van der Waals surface area contributed by atoms with E-state index in [-0.39, 0.29) is 11.9 Å². The Morgan fingerprint density at radius 3 is 2.44 bits per heavy atom. The van der Waals surface area contributed by atoms with Crippen LogP contribution in [-0.4, -0.2) is 16.9 Å². The van der Waals surface area contributed by atoms with Crippen LogP contribution in [0, 0.1) is 3.57 Å². The fraction of sp³-hybridized carbons (Fsp3) is 0.304. The van der Waals surface area contributed by atoms with Crippen LogP contribution < -0.4 is 5.32 Å². The predicted molar refractivity (Wildman–Crippen MR) is 119 cm³/mol. The molecule has 27 heavy (non-hydrogen) atoms. The maximum Gasteiger partial charge on any atom is 0.252 e. The highest BCUT2D eigenvalue weighted by atomic mass is 127.